The summed E-state index contributed by atoms with van der Waals surface area (Å²) in [7, 11) is 0. The summed E-state index contributed by atoms with van der Waals surface area (Å²) < 4.78 is 21.1. The standard InChI is InChI=1S/C24H31FO/c1-3-8-18-11-13-20(14-12-18)23-22(25)16-15-21(24(23)26-17-4-2)19-9-6-5-7-10-19/h5-7,9-10,15-16,18,20H,3-4,8,11-14,17H2,1-2H3. The van der Waals surface area contributed by atoms with Crippen molar-refractivity contribution in [1.29, 1.82) is 0 Å². The van der Waals surface area contributed by atoms with Gasteiger partial charge in [0, 0.05) is 11.1 Å². The van der Waals surface area contributed by atoms with Crippen LogP contribution in [0.5, 0.6) is 5.75 Å². The molecule has 3 rings (SSSR count). The summed E-state index contributed by atoms with van der Waals surface area (Å²) in [6.07, 6.45) is 8.04. The monoisotopic (exact) mass is 354 g/mol. The van der Waals surface area contributed by atoms with Crippen LogP contribution in [0.2, 0.25) is 0 Å². The number of rotatable bonds is 7. The summed E-state index contributed by atoms with van der Waals surface area (Å²) in [5.74, 6) is 1.77. The van der Waals surface area contributed by atoms with Crippen LogP contribution in [0.3, 0.4) is 0 Å². The van der Waals surface area contributed by atoms with Crippen molar-refractivity contribution < 1.29 is 9.13 Å². The van der Waals surface area contributed by atoms with E-state index < -0.39 is 0 Å². The third-order valence-corrected chi connectivity index (χ3v) is 5.63. The zero-order chi connectivity index (χ0) is 18.4. The van der Waals surface area contributed by atoms with Crippen LogP contribution in [0.15, 0.2) is 42.5 Å². The molecule has 0 N–H and O–H groups in total. The lowest BCUT2D eigenvalue weighted by Crippen LogP contribution is -2.16. The van der Waals surface area contributed by atoms with E-state index in [0.29, 0.717) is 6.61 Å². The highest BCUT2D eigenvalue weighted by atomic mass is 19.1. The van der Waals surface area contributed by atoms with Crippen molar-refractivity contribution in [2.75, 3.05) is 6.61 Å². The van der Waals surface area contributed by atoms with Crippen LogP contribution < -0.4 is 4.74 Å². The van der Waals surface area contributed by atoms with E-state index in [1.807, 2.05) is 24.3 Å². The first kappa shape index (κ1) is 18.9. The second kappa shape index (κ2) is 9.21. The predicted molar refractivity (Wildman–Crippen MR) is 107 cm³/mol. The highest BCUT2D eigenvalue weighted by molar-refractivity contribution is 5.72. The molecule has 1 fully saturated rings. The second-order valence-corrected chi connectivity index (χ2v) is 7.56. The molecule has 0 aromatic heterocycles. The van der Waals surface area contributed by atoms with E-state index >= 15 is 0 Å². The molecular weight excluding hydrogens is 323 g/mol. The highest BCUT2D eigenvalue weighted by Crippen LogP contribution is 2.45. The third-order valence-electron chi connectivity index (χ3n) is 5.63. The maximum Gasteiger partial charge on any atom is 0.133 e. The number of benzene rings is 2. The molecule has 140 valence electrons. The summed E-state index contributed by atoms with van der Waals surface area (Å²) in [5, 5.41) is 0. The zero-order valence-corrected chi connectivity index (χ0v) is 16.1. The fourth-order valence-electron chi connectivity index (χ4n) is 4.31. The van der Waals surface area contributed by atoms with Crippen molar-refractivity contribution in [2.24, 2.45) is 5.92 Å². The largest absolute Gasteiger partial charge is 0.493 e. The fourth-order valence-corrected chi connectivity index (χ4v) is 4.31. The van der Waals surface area contributed by atoms with Gasteiger partial charge in [-0.15, -0.1) is 0 Å². The molecule has 0 unspecified atom stereocenters. The van der Waals surface area contributed by atoms with Crippen molar-refractivity contribution in [3.8, 4) is 16.9 Å². The van der Waals surface area contributed by atoms with Gasteiger partial charge in [0.05, 0.1) is 6.61 Å². The van der Waals surface area contributed by atoms with Crippen molar-refractivity contribution in [3.63, 3.8) is 0 Å². The van der Waals surface area contributed by atoms with Crippen LogP contribution in [0.1, 0.15) is 70.3 Å². The average Bonchev–Trinajstić information content (AvgIpc) is 2.68. The van der Waals surface area contributed by atoms with Gasteiger partial charge in [0.1, 0.15) is 11.6 Å². The smallest absolute Gasteiger partial charge is 0.133 e. The van der Waals surface area contributed by atoms with Gasteiger partial charge in [-0.25, -0.2) is 4.39 Å². The minimum atomic E-state index is -0.102. The molecule has 0 heterocycles. The van der Waals surface area contributed by atoms with Gasteiger partial charge in [-0.3, -0.25) is 0 Å². The van der Waals surface area contributed by atoms with Crippen molar-refractivity contribution >= 4 is 0 Å². The lowest BCUT2D eigenvalue weighted by molar-refractivity contribution is 0.283. The van der Waals surface area contributed by atoms with E-state index in [0.717, 1.165) is 47.6 Å². The maximum absolute atomic E-state index is 14.9. The Morgan fingerprint density at radius 2 is 1.65 bits per heavy atom. The van der Waals surface area contributed by atoms with Crippen LogP contribution in [-0.2, 0) is 0 Å². The van der Waals surface area contributed by atoms with E-state index in [2.05, 4.69) is 26.0 Å². The molecule has 0 spiro atoms. The summed E-state index contributed by atoms with van der Waals surface area (Å²) >= 11 is 0. The van der Waals surface area contributed by atoms with Crippen LogP contribution in [0.4, 0.5) is 4.39 Å². The molecule has 2 heteroatoms. The number of hydrogen-bond donors (Lipinski definition) is 0. The lowest BCUT2D eigenvalue weighted by Gasteiger charge is -2.30. The molecule has 2 aromatic rings. The molecule has 1 aliphatic rings. The van der Waals surface area contributed by atoms with Gasteiger partial charge in [-0.2, -0.15) is 0 Å². The molecule has 1 aliphatic carbocycles. The summed E-state index contributed by atoms with van der Waals surface area (Å²) in [6.45, 7) is 4.98. The third kappa shape index (κ3) is 4.28. The highest BCUT2D eigenvalue weighted by Gasteiger charge is 2.28. The van der Waals surface area contributed by atoms with E-state index in [4.69, 9.17) is 4.74 Å². The first-order chi connectivity index (χ1) is 12.7. The number of ether oxygens (including phenoxy) is 1. The van der Waals surface area contributed by atoms with E-state index in [1.54, 1.807) is 6.07 Å². The van der Waals surface area contributed by atoms with Crippen molar-refractivity contribution in [2.45, 2.75) is 64.7 Å². The molecule has 0 bridgehead atoms. The molecule has 26 heavy (non-hydrogen) atoms. The summed E-state index contributed by atoms with van der Waals surface area (Å²) in [6, 6.07) is 13.7. The van der Waals surface area contributed by atoms with Gasteiger partial charge >= 0.3 is 0 Å². The maximum atomic E-state index is 14.9. The zero-order valence-electron chi connectivity index (χ0n) is 16.1. The van der Waals surface area contributed by atoms with Gasteiger partial charge in [0.25, 0.3) is 0 Å². The Morgan fingerprint density at radius 3 is 2.31 bits per heavy atom. The molecule has 0 amide bonds. The Bertz CT molecular complexity index is 687. The SMILES string of the molecule is CCCOc1c(-c2ccccc2)ccc(F)c1C1CCC(CCC)CC1. The number of halogens is 1. The van der Waals surface area contributed by atoms with Gasteiger partial charge in [0.2, 0.25) is 0 Å². The van der Waals surface area contributed by atoms with Crippen LogP contribution in [0.25, 0.3) is 11.1 Å². The van der Waals surface area contributed by atoms with Gasteiger partial charge in [-0.1, -0.05) is 57.0 Å². The van der Waals surface area contributed by atoms with Crippen molar-refractivity contribution in [1.82, 2.24) is 0 Å². The molecule has 0 radical (unpaired) electrons. The van der Waals surface area contributed by atoms with Gasteiger partial charge < -0.3 is 4.74 Å². The first-order valence-corrected chi connectivity index (χ1v) is 10.2. The quantitative estimate of drug-likeness (QED) is 0.505. The topological polar surface area (TPSA) is 9.23 Å². The van der Waals surface area contributed by atoms with Gasteiger partial charge in [-0.05, 0) is 61.6 Å². The molecule has 0 aliphatic heterocycles. The lowest BCUT2D eigenvalue weighted by atomic mass is 9.76. The minimum Gasteiger partial charge on any atom is -0.493 e. The Morgan fingerprint density at radius 1 is 0.923 bits per heavy atom. The Labute approximate surface area is 157 Å². The summed E-state index contributed by atoms with van der Waals surface area (Å²) in [5.41, 5.74) is 2.93. The van der Waals surface area contributed by atoms with Gasteiger partial charge in [0.15, 0.2) is 0 Å². The normalized spacial score (nSPS) is 20.1. The average molecular weight is 355 g/mol. The fraction of sp³-hybridized carbons (Fsp3) is 0.500. The molecular formula is C24H31FO. The Kier molecular flexibility index (Phi) is 6.71. The Hall–Kier alpha value is -1.83. The molecule has 0 saturated heterocycles. The summed E-state index contributed by atoms with van der Waals surface area (Å²) in [4.78, 5) is 0. The predicted octanol–water partition coefficient (Wildman–Crippen LogP) is 7.36. The second-order valence-electron chi connectivity index (χ2n) is 7.56. The van der Waals surface area contributed by atoms with Crippen LogP contribution in [0, 0.1) is 11.7 Å². The molecule has 1 saturated carbocycles. The Balaban J connectivity index is 1.95. The van der Waals surface area contributed by atoms with Crippen LogP contribution in [-0.4, -0.2) is 6.61 Å². The molecule has 1 nitrogen and oxygen atoms in total. The minimum absolute atomic E-state index is 0.102. The first-order valence-electron chi connectivity index (χ1n) is 10.2. The van der Waals surface area contributed by atoms with E-state index in [-0.39, 0.29) is 11.7 Å². The van der Waals surface area contributed by atoms with E-state index in [1.165, 1.54) is 25.7 Å². The van der Waals surface area contributed by atoms with Crippen LogP contribution >= 0.6 is 0 Å². The molecule has 0 atom stereocenters. The van der Waals surface area contributed by atoms with E-state index in [9.17, 15) is 4.39 Å². The number of hydrogen-bond acceptors (Lipinski definition) is 1. The molecule has 2 aromatic carbocycles. The van der Waals surface area contributed by atoms with Crippen molar-refractivity contribution in [3.05, 3.63) is 53.8 Å².